The second kappa shape index (κ2) is 6.91. The lowest BCUT2D eigenvalue weighted by atomic mass is 10.1. The summed E-state index contributed by atoms with van der Waals surface area (Å²) in [6, 6.07) is 13.7. The average molecular weight is 289 g/mol. The van der Waals surface area contributed by atoms with E-state index >= 15 is 0 Å². The van der Waals surface area contributed by atoms with E-state index in [2.05, 4.69) is 36.5 Å². The first kappa shape index (κ1) is 15.1. The Hall–Kier alpha value is -1.32. The van der Waals surface area contributed by atoms with Crippen LogP contribution in [0.1, 0.15) is 22.7 Å². The van der Waals surface area contributed by atoms with Crippen molar-refractivity contribution in [3.8, 4) is 0 Å². The molecule has 1 unspecified atom stereocenters. The van der Waals surface area contributed by atoms with Crippen molar-refractivity contribution < 1.29 is 4.39 Å². The van der Waals surface area contributed by atoms with E-state index in [-0.39, 0.29) is 11.9 Å². The molecule has 0 spiro atoms. The van der Waals surface area contributed by atoms with E-state index in [1.165, 1.54) is 10.5 Å². The highest BCUT2D eigenvalue weighted by molar-refractivity contribution is 7.99. The lowest BCUT2D eigenvalue weighted by molar-refractivity contribution is 0.565. The van der Waals surface area contributed by atoms with E-state index in [9.17, 15) is 4.39 Å². The second-order valence-corrected chi connectivity index (χ2v) is 6.09. The maximum Gasteiger partial charge on any atom is 0.128 e. The summed E-state index contributed by atoms with van der Waals surface area (Å²) in [5, 5.41) is 3.21. The van der Waals surface area contributed by atoms with Crippen LogP contribution in [0.2, 0.25) is 0 Å². The lowest BCUT2D eigenvalue weighted by Crippen LogP contribution is -2.20. The Morgan fingerprint density at radius 2 is 1.85 bits per heavy atom. The van der Waals surface area contributed by atoms with E-state index in [0.29, 0.717) is 0 Å². The molecule has 0 bridgehead atoms. The number of nitrogens with one attached hydrogen (secondary N) is 1. The number of aryl methyl sites for hydroxylation is 2. The van der Waals surface area contributed by atoms with Crippen LogP contribution in [0.3, 0.4) is 0 Å². The minimum atomic E-state index is -0.139. The van der Waals surface area contributed by atoms with Crippen LogP contribution >= 0.6 is 11.8 Å². The Kier molecular flexibility index (Phi) is 5.21. The summed E-state index contributed by atoms with van der Waals surface area (Å²) in [4.78, 5) is 1.22. The molecule has 0 fully saturated rings. The fourth-order valence-corrected chi connectivity index (χ4v) is 3.29. The maximum absolute atomic E-state index is 13.9. The smallest absolute Gasteiger partial charge is 0.128 e. The molecule has 0 radical (unpaired) electrons. The molecular formula is C17H20FNS. The largest absolute Gasteiger partial charge is 0.312 e. The number of thioether (sulfide) groups is 1. The van der Waals surface area contributed by atoms with Crippen LogP contribution in [-0.2, 0) is 0 Å². The molecule has 2 aromatic rings. The summed E-state index contributed by atoms with van der Waals surface area (Å²) in [6.07, 6.45) is 0. The molecule has 1 nitrogen and oxygen atoms in total. The molecule has 0 saturated carbocycles. The third-order valence-corrected chi connectivity index (χ3v) is 4.37. The highest BCUT2D eigenvalue weighted by atomic mass is 32.2. The molecule has 1 N–H and O–H groups in total. The van der Waals surface area contributed by atoms with Crippen LogP contribution in [0, 0.1) is 19.7 Å². The zero-order chi connectivity index (χ0) is 14.5. The molecule has 1 atom stereocenters. The number of hydrogen-bond acceptors (Lipinski definition) is 2. The van der Waals surface area contributed by atoms with Gasteiger partial charge in [-0.1, -0.05) is 35.4 Å². The van der Waals surface area contributed by atoms with Gasteiger partial charge in [0, 0.05) is 22.3 Å². The summed E-state index contributed by atoms with van der Waals surface area (Å²) in [6.45, 7) is 4.07. The van der Waals surface area contributed by atoms with Gasteiger partial charge in [0.15, 0.2) is 0 Å². The van der Waals surface area contributed by atoms with Gasteiger partial charge >= 0.3 is 0 Å². The van der Waals surface area contributed by atoms with Gasteiger partial charge in [0.1, 0.15) is 5.82 Å². The first-order valence-electron chi connectivity index (χ1n) is 6.73. The van der Waals surface area contributed by atoms with Crippen molar-refractivity contribution >= 4 is 11.8 Å². The molecule has 0 aromatic heterocycles. The van der Waals surface area contributed by atoms with Crippen LogP contribution in [0.4, 0.5) is 4.39 Å². The number of halogens is 1. The molecular weight excluding hydrogens is 269 g/mol. The zero-order valence-electron chi connectivity index (χ0n) is 12.1. The Balaban J connectivity index is 2.11. The molecule has 2 aromatic carbocycles. The summed E-state index contributed by atoms with van der Waals surface area (Å²) >= 11 is 1.75. The van der Waals surface area contributed by atoms with E-state index in [0.717, 1.165) is 16.9 Å². The van der Waals surface area contributed by atoms with Crippen molar-refractivity contribution in [3.63, 3.8) is 0 Å². The van der Waals surface area contributed by atoms with Crippen molar-refractivity contribution in [1.29, 1.82) is 0 Å². The van der Waals surface area contributed by atoms with Crippen molar-refractivity contribution in [2.24, 2.45) is 0 Å². The number of rotatable bonds is 5. The molecule has 0 aliphatic heterocycles. The van der Waals surface area contributed by atoms with Gasteiger partial charge in [-0.05, 0) is 39.1 Å². The SMILES string of the molecule is CNC(CSc1cccc(C)c1)c1cc(C)ccc1F. The summed E-state index contributed by atoms with van der Waals surface area (Å²) in [5.74, 6) is 0.667. The molecule has 0 saturated heterocycles. The third-order valence-electron chi connectivity index (χ3n) is 3.28. The van der Waals surface area contributed by atoms with Crippen molar-refractivity contribution in [2.75, 3.05) is 12.8 Å². The number of hydrogen-bond donors (Lipinski definition) is 1. The molecule has 3 heteroatoms. The second-order valence-electron chi connectivity index (χ2n) is 4.99. The minimum absolute atomic E-state index is 0.0143. The average Bonchev–Trinajstić information content (AvgIpc) is 2.43. The first-order chi connectivity index (χ1) is 9.60. The van der Waals surface area contributed by atoms with Crippen LogP contribution in [0.15, 0.2) is 47.4 Å². The summed E-state index contributed by atoms with van der Waals surface area (Å²) in [5.41, 5.74) is 3.08. The highest BCUT2D eigenvalue weighted by Gasteiger charge is 2.14. The van der Waals surface area contributed by atoms with Gasteiger partial charge < -0.3 is 5.32 Å². The Bertz CT molecular complexity index is 583. The van der Waals surface area contributed by atoms with Gasteiger partial charge in [0.2, 0.25) is 0 Å². The topological polar surface area (TPSA) is 12.0 Å². The van der Waals surface area contributed by atoms with Gasteiger partial charge in [0.25, 0.3) is 0 Å². The molecule has 0 aliphatic carbocycles. The van der Waals surface area contributed by atoms with Crippen LogP contribution in [-0.4, -0.2) is 12.8 Å². The Labute approximate surface area is 124 Å². The van der Waals surface area contributed by atoms with Gasteiger partial charge in [-0.25, -0.2) is 4.39 Å². The molecule has 0 aliphatic rings. The van der Waals surface area contributed by atoms with E-state index in [1.807, 2.05) is 20.0 Å². The minimum Gasteiger partial charge on any atom is -0.312 e. The zero-order valence-corrected chi connectivity index (χ0v) is 12.9. The van der Waals surface area contributed by atoms with Gasteiger partial charge in [-0.2, -0.15) is 0 Å². The van der Waals surface area contributed by atoms with E-state index < -0.39 is 0 Å². The van der Waals surface area contributed by atoms with E-state index in [4.69, 9.17) is 0 Å². The van der Waals surface area contributed by atoms with Crippen LogP contribution < -0.4 is 5.32 Å². The summed E-state index contributed by atoms with van der Waals surface area (Å²) < 4.78 is 13.9. The molecule has 0 heterocycles. The fourth-order valence-electron chi connectivity index (χ4n) is 2.14. The molecule has 2 rings (SSSR count). The Morgan fingerprint density at radius 1 is 1.10 bits per heavy atom. The van der Waals surface area contributed by atoms with Crippen LogP contribution in [0.5, 0.6) is 0 Å². The quantitative estimate of drug-likeness (QED) is 0.814. The van der Waals surface area contributed by atoms with Gasteiger partial charge in [-0.15, -0.1) is 11.8 Å². The normalized spacial score (nSPS) is 12.4. The predicted molar refractivity (Wildman–Crippen MR) is 84.8 cm³/mol. The molecule has 20 heavy (non-hydrogen) atoms. The van der Waals surface area contributed by atoms with Crippen molar-refractivity contribution in [1.82, 2.24) is 5.32 Å². The van der Waals surface area contributed by atoms with Crippen LogP contribution in [0.25, 0.3) is 0 Å². The highest BCUT2D eigenvalue weighted by Crippen LogP contribution is 2.27. The predicted octanol–water partition coefficient (Wildman–Crippen LogP) is 4.50. The monoisotopic (exact) mass is 289 g/mol. The maximum atomic E-state index is 13.9. The van der Waals surface area contributed by atoms with Gasteiger partial charge in [0.05, 0.1) is 0 Å². The fraction of sp³-hybridized carbons (Fsp3) is 0.294. The summed E-state index contributed by atoms with van der Waals surface area (Å²) in [7, 11) is 1.88. The van der Waals surface area contributed by atoms with Crippen molar-refractivity contribution in [3.05, 3.63) is 65.0 Å². The molecule has 106 valence electrons. The van der Waals surface area contributed by atoms with E-state index in [1.54, 1.807) is 23.9 Å². The first-order valence-corrected chi connectivity index (χ1v) is 7.71. The standard InChI is InChI=1S/C17H20FNS/c1-12-5-4-6-14(9-12)20-11-17(19-3)15-10-13(2)7-8-16(15)18/h4-10,17,19H,11H2,1-3H3. The Morgan fingerprint density at radius 3 is 2.55 bits per heavy atom. The third kappa shape index (κ3) is 3.84. The lowest BCUT2D eigenvalue weighted by Gasteiger charge is -2.17. The molecule has 0 amide bonds. The van der Waals surface area contributed by atoms with Gasteiger partial charge in [-0.3, -0.25) is 0 Å². The number of benzene rings is 2. The van der Waals surface area contributed by atoms with Crippen molar-refractivity contribution in [2.45, 2.75) is 24.8 Å².